The summed E-state index contributed by atoms with van der Waals surface area (Å²) in [6, 6.07) is 1.26. The topological polar surface area (TPSA) is 92.2 Å². The first-order valence-corrected chi connectivity index (χ1v) is 6.85. The lowest BCUT2D eigenvalue weighted by atomic mass is 10.2. The van der Waals surface area contributed by atoms with Gasteiger partial charge >= 0.3 is 5.97 Å². The quantitative estimate of drug-likeness (QED) is 0.901. The second-order valence-corrected chi connectivity index (χ2v) is 5.38. The van der Waals surface area contributed by atoms with Crippen molar-refractivity contribution in [3.63, 3.8) is 0 Å². The van der Waals surface area contributed by atoms with E-state index in [4.69, 9.17) is 28.3 Å². The van der Waals surface area contributed by atoms with Crippen molar-refractivity contribution < 1.29 is 14.7 Å². The second-order valence-electron chi connectivity index (χ2n) is 3.75. The molecule has 0 spiro atoms. The van der Waals surface area contributed by atoms with E-state index in [0.717, 1.165) is 11.3 Å². The van der Waals surface area contributed by atoms with Gasteiger partial charge < -0.3 is 10.4 Å². The van der Waals surface area contributed by atoms with E-state index in [1.165, 1.54) is 6.07 Å². The molecule has 2 heterocycles. The molecule has 0 atom stereocenters. The van der Waals surface area contributed by atoms with Crippen LogP contribution in [0.1, 0.15) is 25.6 Å². The first-order valence-electron chi connectivity index (χ1n) is 5.21. The Morgan fingerprint density at radius 3 is 2.70 bits per heavy atom. The van der Waals surface area contributed by atoms with Crippen molar-refractivity contribution in [2.75, 3.05) is 5.32 Å². The van der Waals surface area contributed by atoms with Crippen molar-refractivity contribution in [3.05, 3.63) is 37.8 Å². The van der Waals surface area contributed by atoms with Gasteiger partial charge in [0.1, 0.15) is 4.88 Å². The molecule has 0 radical (unpaired) electrons. The van der Waals surface area contributed by atoms with Crippen molar-refractivity contribution >= 4 is 52.1 Å². The molecule has 2 aromatic rings. The number of aromatic carboxylic acids is 1. The van der Waals surface area contributed by atoms with Gasteiger partial charge in [-0.25, -0.2) is 4.79 Å². The Morgan fingerprint density at radius 1 is 1.35 bits per heavy atom. The van der Waals surface area contributed by atoms with E-state index in [2.05, 4.69) is 15.5 Å². The molecule has 6 nitrogen and oxygen atoms in total. The number of nitrogens with zero attached hydrogens (tertiary/aromatic N) is 2. The second kappa shape index (κ2) is 5.74. The monoisotopic (exact) mass is 331 g/mol. The van der Waals surface area contributed by atoms with E-state index in [-0.39, 0.29) is 26.4 Å². The minimum absolute atomic E-state index is 0.0139. The van der Waals surface area contributed by atoms with Crippen LogP contribution in [0.2, 0.25) is 10.3 Å². The number of amides is 1. The van der Waals surface area contributed by atoms with Gasteiger partial charge in [0.05, 0.1) is 11.3 Å². The van der Waals surface area contributed by atoms with Crippen LogP contribution in [0, 0.1) is 6.92 Å². The zero-order chi connectivity index (χ0) is 14.9. The number of halogens is 2. The van der Waals surface area contributed by atoms with E-state index in [9.17, 15) is 9.59 Å². The molecule has 2 aromatic heterocycles. The van der Waals surface area contributed by atoms with E-state index in [1.807, 2.05) is 0 Å². The predicted molar refractivity (Wildman–Crippen MR) is 76.0 cm³/mol. The summed E-state index contributed by atoms with van der Waals surface area (Å²) in [6.45, 7) is 1.69. The number of hydrogen-bond donors (Lipinski definition) is 2. The average Bonchev–Trinajstić information content (AvgIpc) is 2.74. The lowest BCUT2D eigenvalue weighted by Gasteiger charge is -2.07. The molecule has 1 amide bonds. The Balaban J connectivity index is 2.35. The summed E-state index contributed by atoms with van der Waals surface area (Å²) in [6.07, 6.45) is 0. The summed E-state index contributed by atoms with van der Waals surface area (Å²) < 4.78 is 0. The van der Waals surface area contributed by atoms with Crippen LogP contribution in [-0.4, -0.2) is 27.2 Å². The zero-order valence-corrected chi connectivity index (χ0v) is 12.3. The van der Waals surface area contributed by atoms with Crippen LogP contribution in [0.3, 0.4) is 0 Å². The molecule has 0 aliphatic carbocycles. The Bertz CT molecular complexity index is 702. The number of rotatable bonds is 3. The Hall–Kier alpha value is -1.70. The minimum Gasteiger partial charge on any atom is -0.477 e. The van der Waals surface area contributed by atoms with E-state index >= 15 is 0 Å². The Morgan fingerprint density at radius 2 is 2.05 bits per heavy atom. The molecular formula is C11H7Cl2N3O3S. The van der Waals surface area contributed by atoms with Crippen LogP contribution in [0.4, 0.5) is 5.69 Å². The van der Waals surface area contributed by atoms with Gasteiger partial charge in [0.2, 0.25) is 0 Å². The fourth-order valence-electron chi connectivity index (χ4n) is 1.45. The highest BCUT2D eigenvalue weighted by Crippen LogP contribution is 2.28. The number of carboxylic acid groups (broad SMARTS) is 1. The molecule has 104 valence electrons. The van der Waals surface area contributed by atoms with Crippen LogP contribution in [-0.2, 0) is 0 Å². The smallest absolute Gasteiger partial charge is 0.348 e. The third-order valence-electron chi connectivity index (χ3n) is 2.37. The third kappa shape index (κ3) is 2.90. The van der Waals surface area contributed by atoms with Gasteiger partial charge in [0, 0.05) is 0 Å². The molecule has 0 fully saturated rings. The zero-order valence-electron chi connectivity index (χ0n) is 9.98. The maximum atomic E-state index is 12.1. The molecule has 0 aliphatic rings. The van der Waals surface area contributed by atoms with Gasteiger partial charge in [-0.2, -0.15) is 0 Å². The van der Waals surface area contributed by atoms with Crippen molar-refractivity contribution in [2.24, 2.45) is 0 Å². The van der Waals surface area contributed by atoms with Crippen LogP contribution < -0.4 is 5.32 Å². The fourth-order valence-corrected chi connectivity index (χ4v) is 2.62. The van der Waals surface area contributed by atoms with Gasteiger partial charge in [-0.05, 0) is 23.9 Å². The molecule has 2 N–H and O–H groups in total. The fraction of sp³-hybridized carbons (Fsp3) is 0.0909. The largest absolute Gasteiger partial charge is 0.477 e. The third-order valence-corrected chi connectivity index (χ3v) is 3.92. The molecule has 9 heteroatoms. The molecule has 0 saturated carbocycles. The highest BCUT2D eigenvalue weighted by atomic mass is 35.5. The summed E-state index contributed by atoms with van der Waals surface area (Å²) in [7, 11) is 0. The maximum Gasteiger partial charge on any atom is 0.348 e. The van der Waals surface area contributed by atoms with E-state index in [0.29, 0.717) is 5.56 Å². The lowest BCUT2D eigenvalue weighted by molar-refractivity contribution is 0.0703. The highest BCUT2D eigenvalue weighted by molar-refractivity contribution is 7.12. The van der Waals surface area contributed by atoms with Gasteiger partial charge in [-0.3, -0.25) is 4.79 Å². The van der Waals surface area contributed by atoms with Crippen LogP contribution >= 0.6 is 34.5 Å². The standard InChI is InChI=1S/C11H7Cl2N3O3S/c1-4-3-20-8(11(18)19)7(4)14-10(17)5-2-6(12)15-16-9(5)13/h2-3H,1H3,(H,14,17)(H,18,19). The van der Waals surface area contributed by atoms with Crippen molar-refractivity contribution in [1.29, 1.82) is 0 Å². The SMILES string of the molecule is Cc1csc(C(=O)O)c1NC(=O)c1cc(Cl)nnc1Cl. The number of hydrogen-bond acceptors (Lipinski definition) is 5. The summed E-state index contributed by atoms with van der Waals surface area (Å²) in [5.41, 5.74) is 0.898. The van der Waals surface area contributed by atoms with Crippen LogP contribution in [0.25, 0.3) is 0 Å². The normalized spacial score (nSPS) is 10.3. The molecule has 20 heavy (non-hydrogen) atoms. The number of carboxylic acids is 1. The van der Waals surface area contributed by atoms with Crippen molar-refractivity contribution in [1.82, 2.24) is 10.2 Å². The molecule has 2 rings (SSSR count). The molecule has 0 bridgehead atoms. The van der Waals surface area contributed by atoms with Crippen molar-refractivity contribution in [2.45, 2.75) is 6.92 Å². The number of carbonyl (C=O) groups is 2. The van der Waals surface area contributed by atoms with Crippen LogP contribution in [0.5, 0.6) is 0 Å². The van der Waals surface area contributed by atoms with Gasteiger partial charge in [-0.1, -0.05) is 23.2 Å². The first kappa shape index (κ1) is 14.7. The van der Waals surface area contributed by atoms with Gasteiger partial charge in [0.15, 0.2) is 10.3 Å². The van der Waals surface area contributed by atoms with Gasteiger partial charge in [0.25, 0.3) is 5.91 Å². The maximum absolute atomic E-state index is 12.1. The minimum atomic E-state index is -1.12. The summed E-state index contributed by atoms with van der Waals surface area (Å²) in [5, 5.41) is 20.1. The molecular weight excluding hydrogens is 325 g/mol. The molecule has 0 aliphatic heterocycles. The number of thiophene rings is 1. The first-order chi connectivity index (χ1) is 9.40. The van der Waals surface area contributed by atoms with Crippen LogP contribution in [0.15, 0.2) is 11.4 Å². The Labute approximate surface area is 127 Å². The molecule has 0 saturated heterocycles. The molecule has 0 aromatic carbocycles. The summed E-state index contributed by atoms with van der Waals surface area (Å²) >= 11 is 12.4. The summed E-state index contributed by atoms with van der Waals surface area (Å²) in [4.78, 5) is 23.2. The van der Waals surface area contributed by atoms with E-state index < -0.39 is 11.9 Å². The number of aromatic nitrogens is 2. The van der Waals surface area contributed by atoms with E-state index in [1.54, 1.807) is 12.3 Å². The molecule has 0 unspecified atom stereocenters. The number of nitrogens with one attached hydrogen (secondary N) is 1. The van der Waals surface area contributed by atoms with Gasteiger partial charge in [-0.15, -0.1) is 21.5 Å². The predicted octanol–water partition coefficient (Wildman–Crippen LogP) is 3.10. The lowest BCUT2D eigenvalue weighted by Crippen LogP contribution is -2.15. The summed E-state index contributed by atoms with van der Waals surface area (Å²) in [5.74, 6) is -1.72. The van der Waals surface area contributed by atoms with Crippen molar-refractivity contribution in [3.8, 4) is 0 Å². The Kier molecular flexibility index (Phi) is 4.22. The highest BCUT2D eigenvalue weighted by Gasteiger charge is 2.20. The number of carbonyl (C=O) groups excluding carboxylic acids is 1. The number of anilines is 1. The number of aryl methyl sites for hydroxylation is 1. The average molecular weight is 332 g/mol.